The number of methoxy groups -OCH3 is 1. The minimum Gasteiger partial charge on any atom is -0.468 e. The van der Waals surface area contributed by atoms with Gasteiger partial charge in [-0.05, 0) is 54.4 Å². The Kier molecular flexibility index (Phi) is 7.27. The predicted molar refractivity (Wildman–Crippen MR) is 102 cm³/mol. The highest BCUT2D eigenvalue weighted by atomic mass is 32.2. The van der Waals surface area contributed by atoms with Gasteiger partial charge in [0.05, 0.1) is 17.3 Å². The Labute approximate surface area is 159 Å². The molecule has 1 aliphatic rings. The number of carbonyl (C=O) groups excluding carboxylic acids is 2. The fraction of sp³-hybridized carbons (Fsp3) is 0.778. The predicted octanol–water partition coefficient (Wildman–Crippen LogP) is 2.74. The molecule has 0 aromatic rings. The summed E-state index contributed by atoms with van der Waals surface area (Å²) >= 11 is 0. The first-order valence-electron chi connectivity index (χ1n) is 8.73. The van der Waals surface area contributed by atoms with Crippen LogP contribution in [0.15, 0.2) is 12.3 Å². The molecule has 1 heterocycles. The molecule has 0 bridgehead atoms. The molecule has 26 heavy (non-hydrogen) atoms. The molecule has 1 rings (SSSR count). The second-order valence-electron chi connectivity index (χ2n) is 8.45. The highest BCUT2D eigenvalue weighted by molar-refractivity contribution is 7.84. The number of piperidine rings is 1. The normalized spacial score (nSPS) is 19.1. The molecular weight excluding hydrogens is 356 g/mol. The van der Waals surface area contributed by atoms with Crippen LogP contribution in [0.25, 0.3) is 0 Å². The Balaban J connectivity index is 2.80. The number of amides is 1. The minimum atomic E-state index is -1.27. The van der Waals surface area contributed by atoms with E-state index in [-0.39, 0.29) is 12.1 Å². The molecule has 0 aliphatic carbocycles. The van der Waals surface area contributed by atoms with Crippen LogP contribution in [0.2, 0.25) is 0 Å². The van der Waals surface area contributed by atoms with Crippen LogP contribution in [0.5, 0.6) is 0 Å². The monoisotopic (exact) mass is 388 g/mol. The highest BCUT2D eigenvalue weighted by Crippen LogP contribution is 2.35. The molecule has 7 nitrogen and oxygen atoms in total. The maximum absolute atomic E-state index is 12.4. The smallest absolute Gasteiger partial charge is 0.410 e. The van der Waals surface area contributed by atoms with Crippen molar-refractivity contribution in [3.05, 3.63) is 12.3 Å². The molecular formula is C18H32N2O5S. The first kappa shape index (κ1) is 22.5. The molecule has 1 aliphatic heterocycles. The topological polar surface area (TPSA) is 84.9 Å². The fourth-order valence-electron chi connectivity index (χ4n) is 2.49. The second-order valence-corrected chi connectivity index (χ2v) is 10.4. The zero-order chi connectivity index (χ0) is 20.2. The van der Waals surface area contributed by atoms with Crippen molar-refractivity contribution in [1.82, 2.24) is 9.62 Å². The van der Waals surface area contributed by atoms with Gasteiger partial charge in [0.15, 0.2) is 0 Å². The van der Waals surface area contributed by atoms with E-state index in [1.807, 2.05) is 41.5 Å². The SMILES string of the molecule is COC(=O)C1(C=CNS(=O)C(C)(C)C)CCN(C(=O)OC(C)(C)C)CC1. The van der Waals surface area contributed by atoms with Gasteiger partial charge in [0.25, 0.3) is 0 Å². The molecule has 1 saturated heterocycles. The molecule has 0 aromatic carbocycles. The molecule has 1 fully saturated rings. The van der Waals surface area contributed by atoms with Gasteiger partial charge < -0.3 is 19.1 Å². The van der Waals surface area contributed by atoms with Gasteiger partial charge in [-0.3, -0.25) is 4.79 Å². The number of carbonyl (C=O) groups is 2. The van der Waals surface area contributed by atoms with E-state index in [9.17, 15) is 13.8 Å². The molecule has 150 valence electrons. The van der Waals surface area contributed by atoms with Gasteiger partial charge in [0.2, 0.25) is 0 Å². The van der Waals surface area contributed by atoms with E-state index in [0.29, 0.717) is 25.9 Å². The van der Waals surface area contributed by atoms with E-state index < -0.39 is 26.7 Å². The maximum atomic E-state index is 12.4. The number of esters is 1. The van der Waals surface area contributed by atoms with Crippen molar-refractivity contribution in [2.75, 3.05) is 20.2 Å². The Morgan fingerprint density at radius 3 is 2.08 bits per heavy atom. The van der Waals surface area contributed by atoms with Crippen LogP contribution in [0.3, 0.4) is 0 Å². The summed E-state index contributed by atoms with van der Waals surface area (Å²) in [5, 5.41) is 0. The Bertz CT molecular complexity index is 567. The summed E-state index contributed by atoms with van der Waals surface area (Å²) in [6.07, 6.45) is 3.71. The van der Waals surface area contributed by atoms with Gasteiger partial charge in [0.1, 0.15) is 16.6 Å². The van der Waals surface area contributed by atoms with Crippen LogP contribution >= 0.6 is 0 Å². The molecule has 1 amide bonds. The standard InChI is InChI=1S/C18H32N2O5S/c1-16(2,3)25-15(22)20-12-9-18(10-13-20,14(21)24-7)8-11-19-26(23)17(4,5)6/h8,11,19H,9-10,12-13H2,1-7H3. The zero-order valence-corrected chi connectivity index (χ0v) is 17.7. The van der Waals surface area contributed by atoms with Crippen molar-refractivity contribution in [2.24, 2.45) is 5.41 Å². The highest BCUT2D eigenvalue weighted by Gasteiger charge is 2.42. The molecule has 8 heteroatoms. The first-order chi connectivity index (χ1) is 11.8. The van der Waals surface area contributed by atoms with E-state index in [2.05, 4.69) is 4.72 Å². The number of nitrogens with one attached hydrogen (secondary N) is 1. The van der Waals surface area contributed by atoms with Gasteiger partial charge in [0, 0.05) is 19.3 Å². The molecule has 1 N–H and O–H groups in total. The van der Waals surface area contributed by atoms with Gasteiger partial charge >= 0.3 is 12.1 Å². The van der Waals surface area contributed by atoms with Crippen molar-refractivity contribution < 1.29 is 23.3 Å². The Morgan fingerprint density at radius 1 is 1.12 bits per heavy atom. The summed E-state index contributed by atoms with van der Waals surface area (Å²) in [6, 6.07) is 0. The van der Waals surface area contributed by atoms with E-state index in [0.717, 1.165) is 0 Å². The molecule has 0 radical (unpaired) electrons. The van der Waals surface area contributed by atoms with Crippen LogP contribution in [-0.4, -0.2) is 51.7 Å². The van der Waals surface area contributed by atoms with Crippen molar-refractivity contribution >= 4 is 23.0 Å². The number of rotatable bonds is 4. The van der Waals surface area contributed by atoms with Crippen LogP contribution < -0.4 is 4.72 Å². The summed E-state index contributed by atoms with van der Waals surface area (Å²) in [6.45, 7) is 11.8. The Hall–Kier alpha value is -1.57. The van der Waals surface area contributed by atoms with Crippen LogP contribution in [-0.2, 0) is 25.3 Å². The summed E-state index contributed by atoms with van der Waals surface area (Å²) in [4.78, 5) is 26.1. The number of likely N-dealkylation sites (tertiary alicyclic amines) is 1. The summed E-state index contributed by atoms with van der Waals surface area (Å²) in [7, 11) is 0.0718. The van der Waals surface area contributed by atoms with E-state index in [1.54, 1.807) is 17.2 Å². The molecule has 1 unspecified atom stereocenters. The maximum Gasteiger partial charge on any atom is 0.410 e. The lowest BCUT2D eigenvalue weighted by Gasteiger charge is -2.38. The van der Waals surface area contributed by atoms with Gasteiger partial charge in [-0.1, -0.05) is 6.08 Å². The number of hydrogen-bond acceptors (Lipinski definition) is 5. The minimum absolute atomic E-state index is 0.360. The lowest BCUT2D eigenvalue weighted by Crippen LogP contribution is -2.47. The van der Waals surface area contributed by atoms with Gasteiger partial charge in [-0.25, -0.2) is 9.00 Å². The molecule has 0 saturated carbocycles. The van der Waals surface area contributed by atoms with Crippen molar-refractivity contribution in [3.8, 4) is 0 Å². The van der Waals surface area contributed by atoms with Crippen molar-refractivity contribution in [1.29, 1.82) is 0 Å². The summed E-state index contributed by atoms with van der Waals surface area (Å²) < 4.78 is 24.8. The Morgan fingerprint density at radius 2 is 1.65 bits per heavy atom. The lowest BCUT2D eigenvalue weighted by molar-refractivity contribution is -0.152. The average Bonchev–Trinajstić information content (AvgIpc) is 2.51. The number of ether oxygens (including phenoxy) is 2. The summed E-state index contributed by atoms with van der Waals surface area (Å²) in [5.41, 5.74) is -1.41. The fourth-order valence-corrected chi connectivity index (χ4v) is 3.03. The lowest BCUT2D eigenvalue weighted by atomic mass is 9.78. The average molecular weight is 389 g/mol. The van der Waals surface area contributed by atoms with Crippen molar-refractivity contribution in [2.45, 2.75) is 64.7 Å². The molecule has 0 spiro atoms. The second kappa shape index (κ2) is 8.41. The van der Waals surface area contributed by atoms with E-state index in [4.69, 9.17) is 9.47 Å². The zero-order valence-electron chi connectivity index (χ0n) is 16.9. The third-order valence-electron chi connectivity index (χ3n) is 4.03. The molecule has 0 aromatic heterocycles. The third-order valence-corrected chi connectivity index (χ3v) is 5.50. The van der Waals surface area contributed by atoms with Gasteiger partial charge in [-0.15, -0.1) is 0 Å². The first-order valence-corrected chi connectivity index (χ1v) is 9.88. The largest absolute Gasteiger partial charge is 0.468 e. The number of nitrogens with zero attached hydrogens (tertiary/aromatic N) is 1. The van der Waals surface area contributed by atoms with Gasteiger partial charge in [-0.2, -0.15) is 0 Å². The van der Waals surface area contributed by atoms with Crippen LogP contribution in [0.1, 0.15) is 54.4 Å². The van der Waals surface area contributed by atoms with E-state index >= 15 is 0 Å². The van der Waals surface area contributed by atoms with Crippen LogP contribution in [0, 0.1) is 5.41 Å². The van der Waals surface area contributed by atoms with E-state index in [1.165, 1.54) is 7.11 Å². The number of hydrogen-bond donors (Lipinski definition) is 1. The molecule has 1 atom stereocenters. The van der Waals surface area contributed by atoms with Crippen LogP contribution in [0.4, 0.5) is 4.79 Å². The third kappa shape index (κ3) is 6.30. The summed E-state index contributed by atoms with van der Waals surface area (Å²) in [5.74, 6) is -0.360. The van der Waals surface area contributed by atoms with Crippen molar-refractivity contribution in [3.63, 3.8) is 0 Å². The quantitative estimate of drug-likeness (QED) is 0.749.